The molecular weight excluding hydrogens is 178 g/mol. The molecule has 2 heterocycles. The van der Waals surface area contributed by atoms with Gasteiger partial charge < -0.3 is 11.1 Å². The number of nitrogens with zero attached hydrogens (tertiary/aromatic N) is 1. The molecule has 2 saturated heterocycles. The number of amides is 1. The third-order valence-corrected chi connectivity index (χ3v) is 3.41. The third kappa shape index (κ3) is 2.07. The minimum atomic E-state index is -0.124. The first-order valence-corrected chi connectivity index (χ1v) is 5.51. The second-order valence-corrected chi connectivity index (χ2v) is 4.38. The molecule has 0 bridgehead atoms. The quantitative estimate of drug-likeness (QED) is 0.630. The smallest absolute Gasteiger partial charge is 0.221 e. The SMILES string of the molecule is NC(=O)C1CCCN([C@@H]2CCNC2)C1. The van der Waals surface area contributed by atoms with E-state index in [2.05, 4.69) is 10.2 Å². The number of hydrogen-bond donors (Lipinski definition) is 2. The van der Waals surface area contributed by atoms with Gasteiger partial charge in [-0.25, -0.2) is 0 Å². The fourth-order valence-corrected chi connectivity index (χ4v) is 2.52. The van der Waals surface area contributed by atoms with Crippen molar-refractivity contribution in [2.24, 2.45) is 11.7 Å². The zero-order valence-electron chi connectivity index (χ0n) is 8.54. The summed E-state index contributed by atoms with van der Waals surface area (Å²) in [5.74, 6) is -0.0370. The van der Waals surface area contributed by atoms with Crippen molar-refractivity contribution in [1.82, 2.24) is 10.2 Å². The number of rotatable bonds is 2. The number of likely N-dealkylation sites (tertiary alicyclic amines) is 1. The van der Waals surface area contributed by atoms with Crippen LogP contribution < -0.4 is 11.1 Å². The highest BCUT2D eigenvalue weighted by Gasteiger charge is 2.29. The number of carbonyl (C=O) groups excluding carboxylic acids is 1. The van der Waals surface area contributed by atoms with Gasteiger partial charge in [0.15, 0.2) is 0 Å². The van der Waals surface area contributed by atoms with Gasteiger partial charge in [0.25, 0.3) is 0 Å². The average Bonchev–Trinajstić information content (AvgIpc) is 2.71. The summed E-state index contributed by atoms with van der Waals surface area (Å²) in [4.78, 5) is 13.5. The van der Waals surface area contributed by atoms with Crippen molar-refractivity contribution in [3.63, 3.8) is 0 Å². The molecule has 0 aromatic rings. The van der Waals surface area contributed by atoms with Crippen LogP contribution in [0.4, 0.5) is 0 Å². The monoisotopic (exact) mass is 197 g/mol. The molecule has 0 aromatic heterocycles. The summed E-state index contributed by atoms with van der Waals surface area (Å²) in [6.07, 6.45) is 3.31. The van der Waals surface area contributed by atoms with Gasteiger partial charge in [-0.1, -0.05) is 0 Å². The maximum atomic E-state index is 11.1. The fourth-order valence-electron chi connectivity index (χ4n) is 2.52. The molecule has 0 radical (unpaired) electrons. The van der Waals surface area contributed by atoms with E-state index in [1.807, 2.05) is 0 Å². The van der Waals surface area contributed by atoms with Gasteiger partial charge in [-0.3, -0.25) is 9.69 Å². The first-order chi connectivity index (χ1) is 6.77. The van der Waals surface area contributed by atoms with Gasteiger partial charge in [-0.2, -0.15) is 0 Å². The predicted molar refractivity (Wildman–Crippen MR) is 54.8 cm³/mol. The Kier molecular flexibility index (Phi) is 3.03. The standard InChI is InChI=1S/C10H19N3O/c11-10(14)8-2-1-5-13(7-8)9-3-4-12-6-9/h8-9,12H,1-7H2,(H2,11,14)/t8?,9-/m1/s1. The molecule has 1 unspecified atom stereocenters. The molecule has 2 rings (SSSR count). The van der Waals surface area contributed by atoms with E-state index >= 15 is 0 Å². The summed E-state index contributed by atoms with van der Waals surface area (Å²) in [6, 6.07) is 0.636. The van der Waals surface area contributed by atoms with E-state index in [9.17, 15) is 4.79 Å². The Morgan fingerprint density at radius 3 is 2.93 bits per heavy atom. The highest BCUT2D eigenvalue weighted by atomic mass is 16.1. The maximum Gasteiger partial charge on any atom is 0.221 e. The molecule has 0 saturated carbocycles. The zero-order chi connectivity index (χ0) is 9.97. The highest BCUT2D eigenvalue weighted by molar-refractivity contribution is 5.76. The molecule has 0 aliphatic carbocycles. The number of hydrogen-bond acceptors (Lipinski definition) is 3. The van der Waals surface area contributed by atoms with Crippen LogP contribution >= 0.6 is 0 Å². The van der Waals surface area contributed by atoms with Crippen molar-refractivity contribution >= 4 is 5.91 Å². The first kappa shape index (κ1) is 9.93. The zero-order valence-corrected chi connectivity index (χ0v) is 8.54. The number of primary amides is 1. The lowest BCUT2D eigenvalue weighted by Crippen LogP contribution is -2.46. The van der Waals surface area contributed by atoms with Crippen molar-refractivity contribution in [3.05, 3.63) is 0 Å². The number of nitrogens with one attached hydrogen (secondary N) is 1. The molecule has 80 valence electrons. The molecule has 2 atom stereocenters. The minimum absolute atomic E-state index is 0.0874. The summed E-state index contributed by atoms with van der Waals surface area (Å²) in [5.41, 5.74) is 5.35. The summed E-state index contributed by atoms with van der Waals surface area (Å²) in [7, 11) is 0. The number of carbonyl (C=O) groups is 1. The number of nitrogens with two attached hydrogens (primary N) is 1. The lowest BCUT2D eigenvalue weighted by atomic mass is 9.96. The molecule has 0 aromatic carbocycles. The maximum absolute atomic E-state index is 11.1. The first-order valence-electron chi connectivity index (χ1n) is 5.51. The molecule has 4 nitrogen and oxygen atoms in total. The van der Waals surface area contributed by atoms with Gasteiger partial charge in [-0.15, -0.1) is 0 Å². The van der Waals surface area contributed by atoms with Crippen LogP contribution in [0.15, 0.2) is 0 Å². The van der Waals surface area contributed by atoms with Crippen LogP contribution in [0, 0.1) is 5.92 Å². The largest absolute Gasteiger partial charge is 0.369 e. The Balaban J connectivity index is 1.89. The van der Waals surface area contributed by atoms with Crippen LogP contribution in [0.2, 0.25) is 0 Å². The Bertz CT molecular complexity index is 213. The van der Waals surface area contributed by atoms with Crippen molar-refractivity contribution in [2.75, 3.05) is 26.2 Å². The normalized spacial score (nSPS) is 34.6. The van der Waals surface area contributed by atoms with Crippen molar-refractivity contribution in [2.45, 2.75) is 25.3 Å². The van der Waals surface area contributed by atoms with Gasteiger partial charge in [0.2, 0.25) is 5.91 Å². The van der Waals surface area contributed by atoms with Gasteiger partial charge in [-0.05, 0) is 32.4 Å². The molecule has 0 spiro atoms. The van der Waals surface area contributed by atoms with E-state index in [4.69, 9.17) is 5.73 Å². The Hall–Kier alpha value is -0.610. The predicted octanol–water partition coefficient (Wildman–Crippen LogP) is -0.454. The van der Waals surface area contributed by atoms with E-state index < -0.39 is 0 Å². The van der Waals surface area contributed by atoms with Gasteiger partial charge >= 0.3 is 0 Å². The molecule has 2 fully saturated rings. The Morgan fingerprint density at radius 2 is 2.29 bits per heavy atom. The fraction of sp³-hybridized carbons (Fsp3) is 0.900. The summed E-state index contributed by atoms with van der Waals surface area (Å²) in [5, 5.41) is 3.36. The molecule has 14 heavy (non-hydrogen) atoms. The van der Waals surface area contributed by atoms with E-state index in [0.29, 0.717) is 6.04 Å². The second kappa shape index (κ2) is 4.28. The van der Waals surface area contributed by atoms with Gasteiger partial charge in [0.05, 0.1) is 5.92 Å². The molecule has 2 aliphatic heterocycles. The minimum Gasteiger partial charge on any atom is -0.369 e. The molecule has 2 aliphatic rings. The summed E-state index contributed by atoms with van der Waals surface area (Å²) in [6.45, 7) is 4.20. The highest BCUT2D eigenvalue weighted by Crippen LogP contribution is 2.20. The van der Waals surface area contributed by atoms with Crippen molar-refractivity contribution in [3.8, 4) is 0 Å². The Labute approximate surface area is 84.8 Å². The van der Waals surface area contributed by atoms with Crippen molar-refractivity contribution in [1.29, 1.82) is 0 Å². The van der Waals surface area contributed by atoms with E-state index in [-0.39, 0.29) is 11.8 Å². The lowest BCUT2D eigenvalue weighted by Gasteiger charge is -2.35. The average molecular weight is 197 g/mol. The lowest BCUT2D eigenvalue weighted by molar-refractivity contribution is -0.123. The molecular formula is C10H19N3O. The van der Waals surface area contributed by atoms with E-state index in [1.54, 1.807) is 0 Å². The van der Waals surface area contributed by atoms with Crippen LogP contribution in [0.1, 0.15) is 19.3 Å². The van der Waals surface area contributed by atoms with Gasteiger partial charge in [0.1, 0.15) is 0 Å². The van der Waals surface area contributed by atoms with Crippen LogP contribution in [0.25, 0.3) is 0 Å². The van der Waals surface area contributed by atoms with Gasteiger partial charge in [0, 0.05) is 19.1 Å². The van der Waals surface area contributed by atoms with Crippen molar-refractivity contribution < 1.29 is 4.79 Å². The summed E-state index contributed by atoms with van der Waals surface area (Å²) < 4.78 is 0. The van der Waals surface area contributed by atoms with Crippen LogP contribution in [-0.4, -0.2) is 43.0 Å². The molecule has 3 N–H and O–H groups in total. The van der Waals surface area contributed by atoms with E-state index in [0.717, 1.165) is 39.0 Å². The van der Waals surface area contributed by atoms with Crippen LogP contribution in [-0.2, 0) is 4.79 Å². The van der Waals surface area contributed by atoms with Crippen LogP contribution in [0.5, 0.6) is 0 Å². The Morgan fingerprint density at radius 1 is 1.43 bits per heavy atom. The second-order valence-electron chi connectivity index (χ2n) is 4.38. The topological polar surface area (TPSA) is 58.4 Å². The van der Waals surface area contributed by atoms with Crippen LogP contribution in [0.3, 0.4) is 0 Å². The van der Waals surface area contributed by atoms with E-state index in [1.165, 1.54) is 6.42 Å². The molecule has 1 amide bonds. The summed E-state index contributed by atoms with van der Waals surface area (Å²) >= 11 is 0. The molecule has 4 heteroatoms. The number of piperidine rings is 1. The third-order valence-electron chi connectivity index (χ3n) is 3.41.